The van der Waals surface area contributed by atoms with Crippen molar-refractivity contribution in [3.63, 3.8) is 0 Å². The first-order chi connectivity index (χ1) is 16.4. The van der Waals surface area contributed by atoms with E-state index in [9.17, 15) is 19.2 Å². The zero-order valence-corrected chi connectivity index (χ0v) is 21.1. The molecule has 5 rings (SSSR count). The molecule has 1 aromatic carbocycles. The van der Waals surface area contributed by atoms with Gasteiger partial charge in [0.15, 0.2) is 0 Å². The Morgan fingerprint density at radius 1 is 1.15 bits per heavy atom. The first-order valence-corrected chi connectivity index (χ1v) is 13.0. The van der Waals surface area contributed by atoms with Crippen LogP contribution in [-0.4, -0.2) is 39.2 Å². The second-order valence-corrected chi connectivity index (χ2v) is 10.8. The van der Waals surface area contributed by atoms with E-state index in [-0.39, 0.29) is 29.8 Å². The Hall–Kier alpha value is -2.76. The SMILES string of the molecule is CCOC(=O)Cn1c2c(sc1=O)[C@@H](c1cccnc1)[C@@H]1C(=O)N(c3ccc(Br)cc3)C(=O)[C@@H]1S2. The number of halogens is 1. The van der Waals surface area contributed by atoms with E-state index in [0.717, 1.165) is 21.4 Å². The Morgan fingerprint density at radius 3 is 2.59 bits per heavy atom. The highest BCUT2D eigenvalue weighted by molar-refractivity contribution is 9.10. The van der Waals surface area contributed by atoms with Crippen molar-refractivity contribution in [2.75, 3.05) is 11.5 Å². The van der Waals surface area contributed by atoms with Gasteiger partial charge in [0.2, 0.25) is 11.8 Å². The standard InChI is InChI=1S/C23H18BrN3O5S2/c1-2-32-15(28)11-26-22-19(34-23(26)31)16(12-4-3-9-25-10-12)17-18(33-22)21(30)27(20(17)29)14-7-5-13(24)6-8-14/h3-10,16-18H,2,11H2,1H3/t16-,17-,18+/m0/s1. The summed E-state index contributed by atoms with van der Waals surface area (Å²) < 4.78 is 7.22. The average Bonchev–Trinajstić information content (AvgIpc) is 3.27. The Balaban J connectivity index is 1.63. The second-order valence-electron chi connectivity index (χ2n) is 7.75. The highest BCUT2D eigenvalue weighted by atomic mass is 79.9. The Bertz CT molecular complexity index is 1340. The number of rotatable bonds is 5. The predicted molar refractivity (Wildman–Crippen MR) is 131 cm³/mol. The van der Waals surface area contributed by atoms with E-state index in [1.54, 1.807) is 49.6 Å². The molecule has 0 spiro atoms. The van der Waals surface area contributed by atoms with E-state index in [1.165, 1.54) is 21.2 Å². The van der Waals surface area contributed by atoms with Crippen molar-refractivity contribution in [1.29, 1.82) is 0 Å². The number of carbonyl (C=O) groups is 3. The lowest BCUT2D eigenvalue weighted by Gasteiger charge is -2.30. The van der Waals surface area contributed by atoms with Crippen LogP contribution in [0.1, 0.15) is 23.3 Å². The number of hydrogen-bond acceptors (Lipinski definition) is 8. The summed E-state index contributed by atoms with van der Waals surface area (Å²) in [6.07, 6.45) is 3.28. The molecule has 4 heterocycles. The molecule has 3 atom stereocenters. The number of amides is 2. The summed E-state index contributed by atoms with van der Waals surface area (Å²) in [7, 11) is 0. The molecular formula is C23H18BrN3O5S2. The molecule has 2 amide bonds. The minimum absolute atomic E-state index is 0.200. The van der Waals surface area contributed by atoms with Crippen LogP contribution in [0.2, 0.25) is 0 Å². The first-order valence-electron chi connectivity index (χ1n) is 10.5. The third-order valence-corrected chi connectivity index (χ3v) is 8.90. The molecule has 2 aromatic heterocycles. The zero-order chi connectivity index (χ0) is 24.0. The largest absolute Gasteiger partial charge is 0.465 e. The molecule has 11 heteroatoms. The summed E-state index contributed by atoms with van der Waals surface area (Å²) in [4.78, 5) is 58.1. The number of thioether (sulfide) groups is 1. The fourth-order valence-corrected chi connectivity index (χ4v) is 7.39. The van der Waals surface area contributed by atoms with E-state index in [0.29, 0.717) is 15.6 Å². The van der Waals surface area contributed by atoms with Crippen LogP contribution in [-0.2, 0) is 25.7 Å². The smallest absolute Gasteiger partial charge is 0.326 e. The van der Waals surface area contributed by atoms with E-state index < -0.39 is 23.1 Å². The molecule has 1 fully saturated rings. The van der Waals surface area contributed by atoms with E-state index in [2.05, 4.69) is 20.9 Å². The topological polar surface area (TPSA) is 98.6 Å². The third-order valence-electron chi connectivity index (χ3n) is 5.77. The molecule has 3 aromatic rings. The summed E-state index contributed by atoms with van der Waals surface area (Å²) in [5, 5.41) is -0.215. The van der Waals surface area contributed by atoms with Gasteiger partial charge >= 0.3 is 10.8 Å². The number of anilines is 1. The van der Waals surface area contributed by atoms with Gasteiger partial charge in [-0.15, -0.1) is 0 Å². The summed E-state index contributed by atoms with van der Waals surface area (Å²) in [6.45, 7) is 1.65. The van der Waals surface area contributed by atoms with Gasteiger partial charge in [-0.2, -0.15) is 0 Å². The monoisotopic (exact) mass is 559 g/mol. The van der Waals surface area contributed by atoms with Gasteiger partial charge in [0.25, 0.3) is 0 Å². The van der Waals surface area contributed by atoms with Crippen LogP contribution in [0.5, 0.6) is 0 Å². The number of thiazole rings is 1. The van der Waals surface area contributed by atoms with Gasteiger partial charge in [-0.3, -0.25) is 28.7 Å². The number of nitrogens with zero attached hydrogens (tertiary/aromatic N) is 3. The maximum absolute atomic E-state index is 13.7. The van der Waals surface area contributed by atoms with Crippen molar-refractivity contribution in [3.8, 4) is 0 Å². The minimum Gasteiger partial charge on any atom is -0.465 e. The molecule has 0 bridgehead atoms. The molecular weight excluding hydrogens is 542 g/mol. The number of hydrogen-bond donors (Lipinski definition) is 0. The molecule has 2 aliphatic heterocycles. The fourth-order valence-electron chi connectivity index (χ4n) is 4.35. The fraction of sp³-hybridized carbons (Fsp3) is 0.261. The van der Waals surface area contributed by atoms with Gasteiger partial charge in [0.1, 0.15) is 11.8 Å². The predicted octanol–water partition coefficient (Wildman–Crippen LogP) is 3.43. The van der Waals surface area contributed by atoms with Crippen LogP contribution in [0, 0.1) is 5.92 Å². The summed E-state index contributed by atoms with van der Waals surface area (Å²) in [6, 6.07) is 10.6. The molecule has 0 saturated carbocycles. The number of esters is 1. The first kappa shape index (κ1) is 23.0. The van der Waals surface area contributed by atoms with E-state index in [4.69, 9.17) is 4.74 Å². The lowest BCUT2D eigenvalue weighted by Crippen LogP contribution is -2.32. The van der Waals surface area contributed by atoms with Crippen LogP contribution in [0.25, 0.3) is 0 Å². The Morgan fingerprint density at radius 2 is 1.91 bits per heavy atom. The molecule has 8 nitrogen and oxygen atoms in total. The van der Waals surface area contributed by atoms with E-state index in [1.807, 2.05) is 6.07 Å². The number of carbonyl (C=O) groups excluding carboxylic acids is 3. The van der Waals surface area contributed by atoms with Gasteiger partial charge in [-0.1, -0.05) is 45.1 Å². The summed E-state index contributed by atoms with van der Waals surface area (Å²) >= 11 is 5.54. The van der Waals surface area contributed by atoms with Crippen molar-refractivity contribution in [2.24, 2.45) is 5.92 Å². The number of benzene rings is 1. The van der Waals surface area contributed by atoms with Gasteiger partial charge in [-0.05, 0) is 42.8 Å². The van der Waals surface area contributed by atoms with Crippen LogP contribution in [0.4, 0.5) is 5.69 Å². The highest BCUT2D eigenvalue weighted by Gasteiger charge is 2.56. The Kier molecular flexibility index (Phi) is 6.17. The van der Waals surface area contributed by atoms with Crippen molar-refractivity contribution in [3.05, 3.63) is 73.4 Å². The quantitative estimate of drug-likeness (QED) is 0.349. The summed E-state index contributed by atoms with van der Waals surface area (Å²) in [5.74, 6) is -2.43. The van der Waals surface area contributed by atoms with E-state index >= 15 is 0 Å². The van der Waals surface area contributed by atoms with Crippen LogP contribution < -0.4 is 9.77 Å². The normalized spacial score (nSPS) is 21.4. The lowest BCUT2D eigenvalue weighted by molar-refractivity contribution is -0.144. The number of imide groups is 1. The maximum Gasteiger partial charge on any atom is 0.326 e. The molecule has 0 aliphatic carbocycles. The number of pyridine rings is 1. The second kappa shape index (κ2) is 9.12. The molecule has 174 valence electrons. The van der Waals surface area contributed by atoms with Gasteiger partial charge in [0, 0.05) is 27.7 Å². The molecule has 0 N–H and O–H groups in total. The number of aromatic nitrogens is 2. The third kappa shape index (κ3) is 3.81. The maximum atomic E-state index is 13.7. The van der Waals surface area contributed by atoms with Crippen LogP contribution in [0.15, 0.2) is 63.1 Å². The highest BCUT2D eigenvalue weighted by Crippen LogP contribution is 2.53. The molecule has 0 radical (unpaired) electrons. The molecule has 34 heavy (non-hydrogen) atoms. The average molecular weight is 560 g/mol. The van der Waals surface area contributed by atoms with Crippen molar-refractivity contribution < 1.29 is 19.1 Å². The number of ether oxygens (including phenoxy) is 1. The molecule has 1 saturated heterocycles. The molecule has 2 aliphatic rings. The van der Waals surface area contributed by atoms with Crippen molar-refractivity contribution in [2.45, 2.75) is 29.7 Å². The van der Waals surface area contributed by atoms with Crippen molar-refractivity contribution in [1.82, 2.24) is 9.55 Å². The van der Waals surface area contributed by atoms with Crippen LogP contribution in [0.3, 0.4) is 0 Å². The van der Waals surface area contributed by atoms with Gasteiger partial charge in [-0.25, -0.2) is 4.90 Å². The zero-order valence-electron chi connectivity index (χ0n) is 17.8. The molecule has 0 unspecified atom stereocenters. The van der Waals surface area contributed by atoms with Gasteiger partial charge < -0.3 is 4.74 Å². The lowest BCUT2D eigenvalue weighted by atomic mass is 9.84. The van der Waals surface area contributed by atoms with Crippen molar-refractivity contribution >= 4 is 62.5 Å². The van der Waals surface area contributed by atoms with Gasteiger partial charge in [0.05, 0.1) is 23.2 Å². The summed E-state index contributed by atoms with van der Waals surface area (Å²) in [5.41, 5.74) is 1.23. The van der Waals surface area contributed by atoms with Crippen LogP contribution >= 0.6 is 39.0 Å². The minimum atomic E-state index is -0.740. The number of fused-ring (bicyclic) bond motifs is 2. The Labute approximate surface area is 211 Å².